The molecule has 1 saturated heterocycles. The number of nitrogens with one attached hydrogen (secondary N) is 1. The Morgan fingerprint density at radius 2 is 1.83 bits per heavy atom. The van der Waals surface area contributed by atoms with E-state index < -0.39 is 10.0 Å². The molecule has 0 atom stereocenters. The van der Waals surface area contributed by atoms with Crippen molar-refractivity contribution >= 4 is 28.3 Å². The summed E-state index contributed by atoms with van der Waals surface area (Å²) < 4.78 is 26.5. The number of rotatable bonds is 6. The number of hydrogen-bond acceptors (Lipinski definition) is 4. The number of hydrogen-bond donors (Lipinski definition) is 2. The van der Waals surface area contributed by atoms with Gasteiger partial charge in [-0.2, -0.15) is 4.31 Å². The molecule has 0 aromatic heterocycles. The minimum Gasteiger partial charge on any atom is -0.356 e. The van der Waals surface area contributed by atoms with E-state index in [0.29, 0.717) is 43.4 Å². The zero-order valence-electron chi connectivity index (χ0n) is 13.0. The van der Waals surface area contributed by atoms with E-state index >= 15 is 0 Å². The number of piperidine rings is 1. The van der Waals surface area contributed by atoms with E-state index in [9.17, 15) is 13.2 Å². The first-order valence-electron chi connectivity index (χ1n) is 7.56. The Bertz CT molecular complexity index is 587. The van der Waals surface area contributed by atoms with Crippen LogP contribution in [-0.2, 0) is 14.8 Å². The van der Waals surface area contributed by atoms with E-state index in [-0.39, 0.29) is 18.3 Å². The van der Waals surface area contributed by atoms with Crippen LogP contribution in [0, 0.1) is 5.92 Å². The van der Waals surface area contributed by atoms with Crippen LogP contribution in [0.5, 0.6) is 0 Å². The molecule has 1 aromatic carbocycles. The fraction of sp³-hybridized carbons (Fsp3) is 0.533. The number of sulfonamides is 1. The molecule has 0 aliphatic carbocycles. The molecule has 1 aliphatic heterocycles. The molecule has 3 N–H and O–H groups in total. The third-order valence-corrected chi connectivity index (χ3v) is 5.83. The third kappa shape index (κ3) is 5.46. The third-order valence-electron chi connectivity index (χ3n) is 3.91. The van der Waals surface area contributed by atoms with Gasteiger partial charge in [0.2, 0.25) is 15.9 Å². The quantitative estimate of drug-likeness (QED) is 0.789. The lowest BCUT2D eigenvalue weighted by molar-refractivity contribution is -0.121. The van der Waals surface area contributed by atoms with Crippen molar-refractivity contribution in [2.24, 2.45) is 11.7 Å². The average Bonchev–Trinajstić information content (AvgIpc) is 2.54. The van der Waals surface area contributed by atoms with Gasteiger partial charge in [-0.1, -0.05) is 18.2 Å². The van der Waals surface area contributed by atoms with Crippen molar-refractivity contribution in [2.45, 2.75) is 24.2 Å². The predicted octanol–water partition coefficient (Wildman–Crippen LogP) is 0.974. The maximum Gasteiger partial charge on any atom is 0.243 e. The highest BCUT2D eigenvalue weighted by molar-refractivity contribution is 7.89. The Hall–Kier alpha value is -1.15. The summed E-state index contributed by atoms with van der Waals surface area (Å²) in [4.78, 5) is 11.7. The molecular formula is C15H24ClN3O3S. The van der Waals surface area contributed by atoms with Crippen LogP contribution in [0.1, 0.15) is 19.3 Å². The Labute approximate surface area is 143 Å². The first kappa shape index (κ1) is 19.9. The van der Waals surface area contributed by atoms with Crippen LogP contribution in [0.25, 0.3) is 0 Å². The molecule has 1 aromatic rings. The fourth-order valence-corrected chi connectivity index (χ4v) is 4.06. The van der Waals surface area contributed by atoms with Crippen molar-refractivity contribution in [3.8, 4) is 0 Å². The van der Waals surface area contributed by atoms with Gasteiger partial charge in [0.1, 0.15) is 0 Å². The van der Waals surface area contributed by atoms with Gasteiger partial charge in [0.25, 0.3) is 0 Å². The Morgan fingerprint density at radius 1 is 1.22 bits per heavy atom. The highest BCUT2D eigenvalue weighted by Crippen LogP contribution is 2.23. The van der Waals surface area contributed by atoms with E-state index in [4.69, 9.17) is 5.73 Å². The van der Waals surface area contributed by atoms with Crippen molar-refractivity contribution in [2.75, 3.05) is 26.2 Å². The SMILES string of the molecule is Cl.NCCC(=O)NCC1CCN(S(=O)(=O)c2ccccc2)CC1. The first-order valence-corrected chi connectivity index (χ1v) is 9.00. The zero-order valence-corrected chi connectivity index (χ0v) is 14.6. The molecule has 23 heavy (non-hydrogen) atoms. The maximum absolute atomic E-state index is 12.5. The highest BCUT2D eigenvalue weighted by Gasteiger charge is 2.29. The number of carbonyl (C=O) groups excluding carboxylic acids is 1. The second-order valence-electron chi connectivity index (χ2n) is 5.50. The summed E-state index contributed by atoms with van der Waals surface area (Å²) in [5.74, 6) is 0.283. The van der Waals surface area contributed by atoms with Gasteiger partial charge in [-0.15, -0.1) is 12.4 Å². The number of nitrogens with zero attached hydrogens (tertiary/aromatic N) is 1. The number of benzene rings is 1. The van der Waals surface area contributed by atoms with Gasteiger partial charge < -0.3 is 11.1 Å². The fourth-order valence-electron chi connectivity index (χ4n) is 2.57. The van der Waals surface area contributed by atoms with E-state index in [2.05, 4.69) is 5.32 Å². The van der Waals surface area contributed by atoms with Gasteiger partial charge in [-0.3, -0.25) is 4.79 Å². The Balaban J connectivity index is 0.00000264. The molecule has 0 radical (unpaired) electrons. The molecule has 0 spiro atoms. The molecule has 130 valence electrons. The molecule has 1 amide bonds. The van der Waals surface area contributed by atoms with E-state index in [1.54, 1.807) is 30.3 Å². The molecule has 1 aliphatic rings. The second kappa shape index (κ2) is 9.22. The lowest BCUT2D eigenvalue weighted by Crippen LogP contribution is -2.41. The topological polar surface area (TPSA) is 92.5 Å². The highest BCUT2D eigenvalue weighted by atomic mass is 35.5. The van der Waals surface area contributed by atoms with Crippen LogP contribution in [0.15, 0.2) is 35.2 Å². The second-order valence-corrected chi connectivity index (χ2v) is 7.44. The smallest absolute Gasteiger partial charge is 0.243 e. The molecule has 1 fully saturated rings. The number of amides is 1. The van der Waals surface area contributed by atoms with Gasteiger partial charge in [-0.05, 0) is 30.9 Å². The van der Waals surface area contributed by atoms with Crippen molar-refractivity contribution < 1.29 is 13.2 Å². The van der Waals surface area contributed by atoms with Crippen LogP contribution in [-0.4, -0.2) is 44.8 Å². The largest absolute Gasteiger partial charge is 0.356 e. The predicted molar refractivity (Wildman–Crippen MR) is 91.9 cm³/mol. The van der Waals surface area contributed by atoms with Gasteiger partial charge >= 0.3 is 0 Å². The lowest BCUT2D eigenvalue weighted by Gasteiger charge is -2.31. The lowest BCUT2D eigenvalue weighted by atomic mass is 9.98. The minimum absolute atomic E-state index is 0. The normalized spacial score (nSPS) is 16.6. The van der Waals surface area contributed by atoms with Crippen LogP contribution in [0.3, 0.4) is 0 Å². The van der Waals surface area contributed by atoms with E-state index in [1.807, 2.05) is 0 Å². The number of carbonyl (C=O) groups is 1. The summed E-state index contributed by atoms with van der Waals surface area (Å²) in [7, 11) is -3.40. The summed E-state index contributed by atoms with van der Waals surface area (Å²) in [6.45, 7) is 1.93. The van der Waals surface area contributed by atoms with Crippen molar-refractivity contribution in [1.29, 1.82) is 0 Å². The summed E-state index contributed by atoms with van der Waals surface area (Å²) >= 11 is 0. The zero-order chi connectivity index (χ0) is 16.0. The molecule has 0 unspecified atom stereocenters. The van der Waals surface area contributed by atoms with Gasteiger partial charge in [0, 0.05) is 32.6 Å². The van der Waals surface area contributed by atoms with Crippen molar-refractivity contribution in [1.82, 2.24) is 9.62 Å². The van der Waals surface area contributed by atoms with Crippen LogP contribution >= 0.6 is 12.4 Å². The minimum atomic E-state index is -3.40. The standard InChI is InChI=1S/C15H23N3O3S.ClH/c16-9-6-15(19)17-12-13-7-10-18(11-8-13)22(20,21)14-4-2-1-3-5-14;/h1-5,13H,6-12,16H2,(H,17,19);1H. The Kier molecular flexibility index (Phi) is 7.98. The first-order chi connectivity index (χ1) is 10.5. The number of nitrogens with two attached hydrogens (primary N) is 1. The van der Waals surface area contributed by atoms with E-state index in [0.717, 1.165) is 12.8 Å². The summed E-state index contributed by atoms with van der Waals surface area (Å²) in [6.07, 6.45) is 1.85. The molecule has 2 rings (SSSR count). The van der Waals surface area contributed by atoms with Crippen LogP contribution < -0.4 is 11.1 Å². The summed E-state index contributed by atoms with van der Waals surface area (Å²) in [5, 5.41) is 2.85. The monoisotopic (exact) mass is 361 g/mol. The maximum atomic E-state index is 12.5. The molecule has 1 heterocycles. The van der Waals surface area contributed by atoms with Crippen LogP contribution in [0.2, 0.25) is 0 Å². The Morgan fingerprint density at radius 3 is 2.39 bits per heavy atom. The summed E-state index contributed by atoms with van der Waals surface area (Å²) in [5.41, 5.74) is 5.33. The van der Waals surface area contributed by atoms with Gasteiger partial charge in [0.15, 0.2) is 0 Å². The van der Waals surface area contributed by atoms with Gasteiger partial charge in [-0.25, -0.2) is 8.42 Å². The molecule has 6 nitrogen and oxygen atoms in total. The molecule has 0 bridgehead atoms. The summed E-state index contributed by atoms with van der Waals surface area (Å²) in [6, 6.07) is 8.50. The van der Waals surface area contributed by atoms with E-state index in [1.165, 1.54) is 4.31 Å². The van der Waals surface area contributed by atoms with Crippen molar-refractivity contribution in [3.63, 3.8) is 0 Å². The van der Waals surface area contributed by atoms with Gasteiger partial charge in [0.05, 0.1) is 4.90 Å². The molecule has 0 saturated carbocycles. The number of halogens is 1. The molecule has 8 heteroatoms. The average molecular weight is 362 g/mol. The molecular weight excluding hydrogens is 338 g/mol. The van der Waals surface area contributed by atoms with Crippen molar-refractivity contribution in [3.05, 3.63) is 30.3 Å². The van der Waals surface area contributed by atoms with Crippen LogP contribution in [0.4, 0.5) is 0 Å².